The van der Waals surface area contributed by atoms with Crippen LogP contribution in [0, 0.1) is 11.6 Å². The van der Waals surface area contributed by atoms with E-state index in [1.165, 1.54) is 0 Å². The van der Waals surface area contributed by atoms with Crippen LogP contribution in [0.5, 0.6) is 0 Å². The van der Waals surface area contributed by atoms with E-state index in [2.05, 4.69) is 5.32 Å². The summed E-state index contributed by atoms with van der Waals surface area (Å²) in [6, 6.07) is 9.65. The number of nitrogens with zero attached hydrogens (tertiary/aromatic N) is 1. The molecule has 3 rings (SSSR count). The first-order valence-electron chi connectivity index (χ1n) is 8.24. The Bertz CT molecular complexity index is 803. The summed E-state index contributed by atoms with van der Waals surface area (Å²) in [4.78, 5) is 26.1. The van der Waals surface area contributed by atoms with Gasteiger partial charge in [0, 0.05) is 31.3 Å². The standard InChI is InChI=1S/C19H18F2N2O3/c20-15-5-6-16(17(21)11-15)18(24)22-12-13-1-3-14(4-2-13)19(25)23-7-9-26-10-8-23/h1-6,11H,7-10,12H2,(H,22,24). The van der Waals surface area contributed by atoms with Crippen LogP contribution in [0.1, 0.15) is 26.3 Å². The fourth-order valence-corrected chi connectivity index (χ4v) is 2.67. The van der Waals surface area contributed by atoms with Gasteiger partial charge in [-0.2, -0.15) is 0 Å². The van der Waals surface area contributed by atoms with Gasteiger partial charge in [0.25, 0.3) is 11.8 Å². The number of rotatable bonds is 4. The van der Waals surface area contributed by atoms with Crippen molar-refractivity contribution in [3.63, 3.8) is 0 Å². The van der Waals surface area contributed by atoms with Gasteiger partial charge in [0.1, 0.15) is 11.6 Å². The van der Waals surface area contributed by atoms with Crippen molar-refractivity contribution >= 4 is 11.8 Å². The zero-order chi connectivity index (χ0) is 18.5. The van der Waals surface area contributed by atoms with Gasteiger partial charge in [-0.3, -0.25) is 9.59 Å². The topological polar surface area (TPSA) is 58.6 Å². The smallest absolute Gasteiger partial charge is 0.254 e. The summed E-state index contributed by atoms with van der Waals surface area (Å²) < 4.78 is 31.7. The lowest BCUT2D eigenvalue weighted by molar-refractivity contribution is 0.0303. The summed E-state index contributed by atoms with van der Waals surface area (Å²) in [6.45, 7) is 2.38. The van der Waals surface area contributed by atoms with Crippen molar-refractivity contribution < 1.29 is 23.1 Å². The molecule has 26 heavy (non-hydrogen) atoms. The lowest BCUT2D eigenvalue weighted by atomic mass is 10.1. The second kappa shape index (κ2) is 8.05. The molecular weight excluding hydrogens is 342 g/mol. The molecule has 0 saturated carbocycles. The average Bonchev–Trinajstić information content (AvgIpc) is 2.66. The minimum absolute atomic E-state index is 0.0581. The second-order valence-corrected chi connectivity index (χ2v) is 5.91. The number of ether oxygens (including phenoxy) is 1. The number of halogens is 2. The molecule has 7 heteroatoms. The molecular formula is C19H18F2N2O3. The van der Waals surface area contributed by atoms with Gasteiger partial charge in [-0.15, -0.1) is 0 Å². The molecule has 2 aromatic rings. The molecule has 1 aliphatic rings. The number of nitrogens with one attached hydrogen (secondary N) is 1. The normalized spacial score (nSPS) is 14.2. The lowest BCUT2D eigenvalue weighted by Gasteiger charge is -2.26. The van der Waals surface area contributed by atoms with Gasteiger partial charge < -0.3 is 15.0 Å². The number of benzene rings is 2. The number of hydrogen-bond donors (Lipinski definition) is 1. The van der Waals surface area contributed by atoms with Crippen molar-refractivity contribution in [1.29, 1.82) is 0 Å². The molecule has 0 unspecified atom stereocenters. The van der Waals surface area contributed by atoms with Crippen molar-refractivity contribution in [3.05, 3.63) is 70.8 Å². The predicted octanol–water partition coefficient (Wildman–Crippen LogP) is 2.37. The number of amides is 2. The highest BCUT2D eigenvalue weighted by Crippen LogP contribution is 2.11. The van der Waals surface area contributed by atoms with Crippen LogP contribution in [0.25, 0.3) is 0 Å². The van der Waals surface area contributed by atoms with Crippen molar-refractivity contribution in [2.45, 2.75) is 6.54 Å². The summed E-state index contributed by atoms with van der Waals surface area (Å²) in [5.41, 5.74) is 1.11. The van der Waals surface area contributed by atoms with Crippen molar-refractivity contribution in [3.8, 4) is 0 Å². The van der Waals surface area contributed by atoms with Gasteiger partial charge in [-0.25, -0.2) is 8.78 Å². The largest absolute Gasteiger partial charge is 0.378 e. The molecule has 1 aliphatic heterocycles. The molecule has 0 aliphatic carbocycles. The maximum Gasteiger partial charge on any atom is 0.254 e. The maximum atomic E-state index is 13.6. The Kier molecular flexibility index (Phi) is 5.58. The molecule has 0 spiro atoms. The van der Waals surface area contributed by atoms with Crippen LogP contribution >= 0.6 is 0 Å². The zero-order valence-electron chi connectivity index (χ0n) is 14.0. The van der Waals surface area contributed by atoms with E-state index >= 15 is 0 Å². The Morgan fingerprint density at radius 1 is 1.04 bits per heavy atom. The minimum atomic E-state index is -0.908. The molecule has 2 aromatic carbocycles. The summed E-state index contributed by atoms with van der Waals surface area (Å²) >= 11 is 0. The highest BCUT2D eigenvalue weighted by Gasteiger charge is 2.18. The Hall–Kier alpha value is -2.80. The fraction of sp³-hybridized carbons (Fsp3) is 0.263. The fourth-order valence-electron chi connectivity index (χ4n) is 2.67. The maximum absolute atomic E-state index is 13.6. The zero-order valence-corrected chi connectivity index (χ0v) is 14.0. The molecule has 1 saturated heterocycles. The van der Waals surface area contributed by atoms with Crippen LogP contribution in [0.2, 0.25) is 0 Å². The molecule has 1 heterocycles. The monoisotopic (exact) mass is 360 g/mol. The van der Waals surface area contributed by atoms with Crippen LogP contribution in [-0.2, 0) is 11.3 Å². The summed E-state index contributed by atoms with van der Waals surface area (Å²) in [6.07, 6.45) is 0. The van der Waals surface area contributed by atoms with Gasteiger partial charge in [0.05, 0.1) is 18.8 Å². The average molecular weight is 360 g/mol. The first-order chi connectivity index (χ1) is 12.5. The summed E-state index contributed by atoms with van der Waals surface area (Å²) in [5, 5.41) is 2.57. The molecule has 136 valence electrons. The van der Waals surface area contributed by atoms with Crippen molar-refractivity contribution in [2.24, 2.45) is 0 Å². The van der Waals surface area contributed by atoms with Gasteiger partial charge in [0.2, 0.25) is 0 Å². The molecule has 1 fully saturated rings. The Morgan fingerprint density at radius 2 is 1.73 bits per heavy atom. The Morgan fingerprint density at radius 3 is 2.38 bits per heavy atom. The van der Waals surface area contributed by atoms with E-state index in [1.54, 1.807) is 29.2 Å². The van der Waals surface area contributed by atoms with Crippen LogP contribution in [0.3, 0.4) is 0 Å². The number of hydrogen-bond acceptors (Lipinski definition) is 3. The van der Waals surface area contributed by atoms with E-state index in [-0.39, 0.29) is 18.0 Å². The third-order valence-corrected chi connectivity index (χ3v) is 4.13. The number of morpholine rings is 1. The number of carbonyl (C=O) groups excluding carboxylic acids is 2. The van der Waals surface area contributed by atoms with Crippen LogP contribution in [0.4, 0.5) is 8.78 Å². The van der Waals surface area contributed by atoms with Gasteiger partial charge in [-0.1, -0.05) is 12.1 Å². The third kappa shape index (κ3) is 4.23. The van der Waals surface area contributed by atoms with E-state index < -0.39 is 17.5 Å². The second-order valence-electron chi connectivity index (χ2n) is 5.91. The summed E-state index contributed by atoms with van der Waals surface area (Å²) in [7, 11) is 0. The highest BCUT2D eigenvalue weighted by molar-refractivity contribution is 5.95. The van der Waals surface area contributed by atoms with E-state index in [1.807, 2.05) is 0 Å². The number of carbonyl (C=O) groups is 2. The SMILES string of the molecule is O=C(NCc1ccc(C(=O)N2CCOCC2)cc1)c1ccc(F)cc1F. The van der Waals surface area contributed by atoms with E-state index in [4.69, 9.17) is 4.74 Å². The summed E-state index contributed by atoms with van der Waals surface area (Å²) in [5.74, 6) is -2.33. The molecule has 0 aromatic heterocycles. The highest BCUT2D eigenvalue weighted by atomic mass is 19.1. The lowest BCUT2D eigenvalue weighted by Crippen LogP contribution is -2.40. The van der Waals surface area contributed by atoms with Crippen LogP contribution in [-0.4, -0.2) is 43.0 Å². The first kappa shape index (κ1) is 18.0. The van der Waals surface area contributed by atoms with Gasteiger partial charge >= 0.3 is 0 Å². The first-order valence-corrected chi connectivity index (χ1v) is 8.24. The van der Waals surface area contributed by atoms with Gasteiger partial charge in [-0.05, 0) is 29.8 Å². The van der Waals surface area contributed by atoms with Gasteiger partial charge in [0.15, 0.2) is 0 Å². The molecule has 0 radical (unpaired) electrons. The van der Waals surface area contributed by atoms with E-state index in [0.29, 0.717) is 37.9 Å². The van der Waals surface area contributed by atoms with E-state index in [9.17, 15) is 18.4 Å². The Balaban J connectivity index is 1.58. The van der Waals surface area contributed by atoms with Crippen LogP contribution in [0.15, 0.2) is 42.5 Å². The molecule has 0 atom stereocenters. The van der Waals surface area contributed by atoms with E-state index in [0.717, 1.165) is 17.7 Å². The quantitative estimate of drug-likeness (QED) is 0.911. The van der Waals surface area contributed by atoms with Crippen LogP contribution < -0.4 is 5.32 Å². The van der Waals surface area contributed by atoms with Crippen molar-refractivity contribution in [1.82, 2.24) is 10.2 Å². The molecule has 1 N–H and O–H groups in total. The Labute approximate surface area is 149 Å². The van der Waals surface area contributed by atoms with Crippen molar-refractivity contribution in [2.75, 3.05) is 26.3 Å². The predicted molar refractivity (Wildman–Crippen MR) is 90.7 cm³/mol. The third-order valence-electron chi connectivity index (χ3n) is 4.13. The minimum Gasteiger partial charge on any atom is -0.378 e. The molecule has 5 nitrogen and oxygen atoms in total. The molecule has 2 amide bonds. The molecule has 0 bridgehead atoms.